The number of piperidine rings is 1. The molecule has 0 bridgehead atoms. The van der Waals surface area contributed by atoms with E-state index in [1.165, 1.54) is 44.2 Å². The van der Waals surface area contributed by atoms with Gasteiger partial charge in [0.25, 0.3) is 0 Å². The zero-order chi connectivity index (χ0) is 13.3. The van der Waals surface area contributed by atoms with Gasteiger partial charge >= 0.3 is 0 Å². The molecule has 3 heteroatoms. The molecular formula is C16H20BrNO. The van der Waals surface area contributed by atoms with Crippen molar-refractivity contribution in [2.45, 2.75) is 38.5 Å². The summed E-state index contributed by atoms with van der Waals surface area (Å²) in [6.45, 7) is 2.32. The van der Waals surface area contributed by atoms with Crippen LogP contribution in [0, 0.1) is 5.41 Å². The van der Waals surface area contributed by atoms with E-state index in [1.807, 2.05) is 6.07 Å². The van der Waals surface area contributed by atoms with Crippen molar-refractivity contribution in [2.24, 2.45) is 5.41 Å². The Morgan fingerprint density at radius 1 is 1.11 bits per heavy atom. The summed E-state index contributed by atoms with van der Waals surface area (Å²) in [5, 5.41) is 0. The Morgan fingerprint density at radius 2 is 1.79 bits per heavy atom. The maximum absolute atomic E-state index is 10.8. The van der Waals surface area contributed by atoms with Gasteiger partial charge in [-0.2, -0.15) is 0 Å². The van der Waals surface area contributed by atoms with Gasteiger partial charge in [0.15, 0.2) is 6.29 Å². The molecule has 1 aliphatic carbocycles. The highest BCUT2D eigenvalue weighted by atomic mass is 79.9. The molecule has 2 fully saturated rings. The molecule has 0 unspecified atom stereocenters. The van der Waals surface area contributed by atoms with Crippen LogP contribution in [0.25, 0.3) is 0 Å². The van der Waals surface area contributed by atoms with Gasteiger partial charge in [0.1, 0.15) is 0 Å². The van der Waals surface area contributed by atoms with Crippen molar-refractivity contribution in [1.29, 1.82) is 0 Å². The number of rotatable bonds is 2. The van der Waals surface area contributed by atoms with Crippen LogP contribution in [0.1, 0.15) is 48.9 Å². The lowest BCUT2D eigenvalue weighted by molar-refractivity contribution is 0.112. The molecule has 1 aromatic rings. The van der Waals surface area contributed by atoms with Crippen molar-refractivity contribution in [3.8, 4) is 0 Å². The van der Waals surface area contributed by atoms with E-state index in [1.54, 1.807) is 0 Å². The van der Waals surface area contributed by atoms with Crippen LogP contribution in [-0.4, -0.2) is 19.4 Å². The first kappa shape index (κ1) is 13.2. The molecule has 0 N–H and O–H groups in total. The van der Waals surface area contributed by atoms with E-state index in [0.717, 1.165) is 29.4 Å². The topological polar surface area (TPSA) is 20.3 Å². The molecule has 1 spiro atoms. The highest BCUT2D eigenvalue weighted by Crippen LogP contribution is 2.46. The van der Waals surface area contributed by atoms with Gasteiger partial charge in [-0.3, -0.25) is 4.79 Å². The van der Waals surface area contributed by atoms with Crippen molar-refractivity contribution in [1.82, 2.24) is 0 Å². The van der Waals surface area contributed by atoms with Crippen molar-refractivity contribution >= 4 is 27.9 Å². The fourth-order valence-corrected chi connectivity index (χ4v) is 4.13. The van der Waals surface area contributed by atoms with Crippen LogP contribution in [0.5, 0.6) is 0 Å². The summed E-state index contributed by atoms with van der Waals surface area (Å²) in [5.74, 6) is 0. The lowest BCUT2D eigenvalue weighted by Crippen LogP contribution is -2.38. The molecule has 0 atom stereocenters. The van der Waals surface area contributed by atoms with E-state index in [-0.39, 0.29) is 0 Å². The predicted octanol–water partition coefficient (Wildman–Crippen LogP) is 4.42. The lowest BCUT2D eigenvalue weighted by Gasteiger charge is -2.40. The lowest BCUT2D eigenvalue weighted by atomic mass is 9.77. The van der Waals surface area contributed by atoms with Crippen molar-refractivity contribution < 1.29 is 4.79 Å². The second-order valence-corrected chi connectivity index (χ2v) is 6.87. The largest absolute Gasteiger partial charge is 0.371 e. The van der Waals surface area contributed by atoms with Crippen molar-refractivity contribution in [3.05, 3.63) is 28.2 Å². The van der Waals surface area contributed by atoms with E-state index in [2.05, 4.69) is 33.0 Å². The summed E-state index contributed by atoms with van der Waals surface area (Å²) < 4.78 is 0.904. The summed E-state index contributed by atoms with van der Waals surface area (Å²) in [6.07, 6.45) is 9.31. The van der Waals surface area contributed by atoms with E-state index in [9.17, 15) is 4.79 Å². The van der Waals surface area contributed by atoms with Gasteiger partial charge in [0.2, 0.25) is 0 Å². The van der Waals surface area contributed by atoms with Crippen molar-refractivity contribution in [3.63, 3.8) is 0 Å². The number of benzene rings is 1. The molecule has 1 aliphatic heterocycles. The number of halogens is 1. The quantitative estimate of drug-likeness (QED) is 0.751. The second-order valence-electron chi connectivity index (χ2n) is 6.02. The smallest absolute Gasteiger partial charge is 0.151 e. The molecule has 1 heterocycles. The molecule has 19 heavy (non-hydrogen) atoms. The van der Waals surface area contributed by atoms with Gasteiger partial charge in [-0.1, -0.05) is 12.8 Å². The molecule has 102 valence electrons. The number of carbonyl (C=O) groups excluding carboxylic acids is 1. The molecular weight excluding hydrogens is 302 g/mol. The monoisotopic (exact) mass is 321 g/mol. The molecule has 1 aromatic carbocycles. The zero-order valence-electron chi connectivity index (χ0n) is 11.2. The summed E-state index contributed by atoms with van der Waals surface area (Å²) >= 11 is 3.48. The van der Waals surface area contributed by atoms with Crippen LogP contribution in [0.4, 0.5) is 5.69 Å². The molecule has 3 rings (SSSR count). The average molecular weight is 322 g/mol. The molecule has 0 amide bonds. The highest BCUT2D eigenvalue weighted by molar-refractivity contribution is 9.10. The van der Waals surface area contributed by atoms with Gasteiger partial charge in [0.05, 0.1) is 0 Å². The third kappa shape index (κ3) is 2.58. The second kappa shape index (κ2) is 5.28. The summed E-state index contributed by atoms with van der Waals surface area (Å²) in [7, 11) is 0. The van der Waals surface area contributed by atoms with Crippen LogP contribution >= 0.6 is 15.9 Å². The number of hydrogen-bond donors (Lipinski definition) is 0. The SMILES string of the molecule is O=Cc1ccc(N2CCC3(CCCC3)CC2)cc1Br. The molecule has 1 saturated carbocycles. The van der Waals surface area contributed by atoms with E-state index in [0.29, 0.717) is 5.41 Å². The standard InChI is InChI=1S/C16H20BrNO/c17-15-11-14(4-3-13(15)12-19)18-9-7-16(8-10-18)5-1-2-6-16/h3-4,11-12H,1-2,5-10H2. The van der Waals surface area contributed by atoms with Crippen LogP contribution in [0.3, 0.4) is 0 Å². The predicted molar refractivity (Wildman–Crippen MR) is 81.9 cm³/mol. The molecule has 0 aromatic heterocycles. The normalized spacial score (nSPS) is 21.8. The number of hydrogen-bond acceptors (Lipinski definition) is 2. The Balaban J connectivity index is 1.71. The molecule has 2 nitrogen and oxygen atoms in total. The first-order valence-corrected chi connectivity index (χ1v) is 8.01. The van der Waals surface area contributed by atoms with Crippen LogP contribution in [0.2, 0.25) is 0 Å². The fourth-order valence-electron chi connectivity index (χ4n) is 3.67. The summed E-state index contributed by atoms with van der Waals surface area (Å²) in [5.41, 5.74) is 2.63. The summed E-state index contributed by atoms with van der Waals surface area (Å²) in [6, 6.07) is 6.06. The number of carbonyl (C=O) groups is 1. The minimum atomic E-state index is 0.663. The summed E-state index contributed by atoms with van der Waals surface area (Å²) in [4.78, 5) is 13.3. The Kier molecular flexibility index (Phi) is 3.66. The zero-order valence-corrected chi connectivity index (χ0v) is 12.8. The number of anilines is 1. The van der Waals surface area contributed by atoms with E-state index >= 15 is 0 Å². The van der Waals surface area contributed by atoms with Gasteiger partial charge in [-0.15, -0.1) is 0 Å². The van der Waals surface area contributed by atoms with Crippen LogP contribution < -0.4 is 4.90 Å². The van der Waals surface area contributed by atoms with Crippen LogP contribution in [0.15, 0.2) is 22.7 Å². The molecule has 0 radical (unpaired) electrons. The van der Waals surface area contributed by atoms with E-state index in [4.69, 9.17) is 0 Å². The number of nitrogens with zero attached hydrogens (tertiary/aromatic N) is 1. The number of aldehydes is 1. The Labute approximate surface area is 123 Å². The van der Waals surface area contributed by atoms with Crippen LogP contribution in [-0.2, 0) is 0 Å². The average Bonchev–Trinajstić information content (AvgIpc) is 2.88. The maximum Gasteiger partial charge on any atom is 0.151 e. The molecule has 1 saturated heterocycles. The minimum absolute atomic E-state index is 0.663. The van der Waals surface area contributed by atoms with Gasteiger partial charge < -0.3 is 4.90 Å². The van der Waals surface area contributed by atoms with Crippen molar-refractivity contribution in [2.75, 3.05) is 18.0 Å². The van der Waals surface area contributed by atoms with Gasteiger partial charge in [0, 0.05) is 28.8 Å². The fraction of sp³-hybridized carbons (Fsp3) is 0.562. The Morgan fingerprint density at radius 3 is 2.37 bits per heavy atom. The highest BCUT2D eigenvalue weighted by Gasteiger charge is 2.36. The Hall–Kier alpha value is -0.830. The minimum Gasteiger partial charge on any atom is -0.371 e. The third-order valence-electron chi connectivity index (χ3n) is 4.96. The third-order valence-corrected chi connectivity index (χ3v) is 5.65. The first-order chi connectivity index (χ1) is 9.22. The Bertz CT molecular complexity index is 470. The van der Waals surface area contributed by atoms with E-state index < -0.39 is 0 Å². The molecule has 2 aliphatic rings. The van der Waals surface area contributed by atoms with Gasteiger partial charge in [-0.25, -0.2) is 0 Å². The van der Waals surface area contributed by atoms with Gasteiger partial charge in [-0.05, 0) is 65.2 Å². The first-order valence-electron chi connectivity index (χ1n) is 7.22. The maximum atomic E-state index is 10.8.